The largest absolute Gasteiger partial charge is 0.343 e. The Balaban J connectivity index is 2.55. The number of rotatable bonds is 5. The summed E-state index contributed by atoms with van der Waals surface area (Å²) in [6, 6.07) is 6.44. The molecule has 1 rings (SSSR count). The van der Waals surface area contributed by atoms with Crippen molar-refractivity contribution in [1.29, 1.82) is 0 Å². The fourth-order valence-electron chi connectivity index (χ4n) is 1.94. The minimum atomic E-state index is 0.258. The van der Waals surface area contributed by atoms with E-state index in [1.807, 2.05) is 18.7 Å². The molecule has 0 bridgehead atoms. The summed E-state index contributed by atoms with van der Waals surface area (Å²) >= 11 is 0. The van der Waals surface area contributed by atoms with Crippen molar-refractivity contribution in [2.75, 3.05) is 13.1 Å². The third-order valence-corrected chi connectivity index (χ3v) is 3.32. The maximum atomic E-state index is 11.9. The Bertz CT molecular complexity index is 381. The normalized spacial score (nSPS) is 10.4. The fraction of sp³-hybridized carbons (Fsp3) is 0.533. The molecule has 1 amide bonds. The molecule has 0 fully saturated rings. The van der Waals surface area contributed by atoms with Crippen LogP contribution in [0.4, 0.5) is 0 Å². The zero-order valence-electron chi connectivity index (χ0n) is 11.4. The second-order valence-electron chi connectivity index (χ2n) is 4.48. The van der Waals surface area contributed by atoms with Crippen LogP contribution in [0.2, 0.25) is 0 Å². The number of hydrogen-bond acceptors (Lipinski definition) is 1. The molecule has 0 aliphatic rings. The van der Waals surface area contributed by atoms with Crippen LogP contribution in [0, 0.1) is 13.8 Å². The van der Waals surface area contributed by atoms with E-state index in [-0.39, 0.29) is 5.91 Å². The van der Waals surface area contributed by atoms with Gasteiger partial charge in [-0.05, 0) is 50.8 Å². The molecule has 2 heteroatoms. The summed E-state index contributed by atoms with van der Waals surface area (Å²) in [5, 5.41) is 0. The number of carbonyl (C=O) groups is 1. The first-order valence-electron chi connectivity index (χ1n) is 6.42. The van der Waals surface area contributed by atoms with Gasteiger partial charge in [-0.2, -0.15) is 0 Å². The molecule has 0 saturated heterocycles. The maximum absolute atomic E-state index is 11.9. The third-order valence-electron chi connectivity index (χ3n) is 3.32. The molecule has 0 atom stereocenters. The van der Waals surface area contributed by atoms with E-state index in [1.165, 1.54) is 16.7 Å². The van der Waals surface area contributed by atoms with Gasteiger partial charge in [0.05, 0.1) is 0 Å². The van der Waals surface area contributed by atoms with E-state index in [1.54, 1.807) is 0 Å². The predicted octanol–water partition coefficient (Wildman–Crippen LogP) is 3.10. The summed E-state index contributed by atoms with van der Waals surface area (Å²) in [6.45, 7) is 9.89. The lowest BCUT2D eigenvalue weighted by Gasteiger charge is -2.18. The Morgan fingerprint density at radius 2 is 1.76 bits per heavy atom. The number of hydrogen-bond donors (Lipinski definition) is 0. The summed E-state index contributed by atoms with van der Waals surface area (Å²) < 4.78 is 0. The monoisotopic (exact) mass is 233 g/mol. The molecule has 0 N–H and O–H groups in total. The van der Waals surface area contributed by atoms with Crippen molar-refractivity contribution in [2.45, 2.75) is 40.5 Å². The van der Waals surface area contributed by atoms with Crippen LogP contribution in [-0.4, -0.2) is 23.9 Å². The van der Waals surface area contributed by atoms with Crippen LogP contribution < -0.4 is 0 Å². The van der Waals surface area contributed by atoms with E-state index < -0.39 is 0 Å². The first-order chi connectivity index (χ1) is 8.08. The number of aryl methyl sites for hydroxylation is 3. The van der Waals surface area contributed by atoms with Gasteiger partial charge in [0.25, 0.3) is 0 Å². The number of carbonyl (C=O) groups excluding carboxylic acids is 1. The van der Waals surface area contributed by atoms with E-state index in [0.717, 1.165) is 19.5 Å². The molecule has 2 nitrogen and oxygen atoms in total. The summed E-state index contributed by atoms with van der Waals surface area (Å²) in [5.74, 6) is 0.258. The van der Waals surface area contributed by atoms with E-state index in [4.69, 9.17) is 0 Å². The Labute approximate surface area is 105 Å². The summed E-state index contributed by atoms with van der Waals surface area (Å²) in [6.07, 6.45) is 1.46. The van der Waals surface area contributed by atoms with Gasteiger partial charge in [-0.15, -0.1) is 0 Å². The fourth-order valence-corrected chi connectivity index (χ4v) is 1.94. The molecule has 0 spiro atoms. The SMILES string of the molecule is CCN(CC)C(=O)CCc1ccc(C)c(C)c1. The second-order valence-corrected chi connectivity index (χ2v) is 4.48. The quantitative estimate of drug-likeness (QED) is 0.765. The molecule has 0 saturated carbocycles. The molecule has 0 aliphatic carbocycles. The molecule has 1 aromatic carbocycles. The van der Waals surface area contributed by atoms with Gasteiger partial charge >= 0.3 is 0 Å². The minimum Gasteiger partial charge on any atom is -0.343 e. The highest BCUT2D eigenvalue weighted by Crippen LogP contribution is 2.12. The minimum absolute atomic E-state index is 0.258. The van der Waals surface area contributed by atoms with Gasteiger partial charge in [-0.1, -0.05) is 18.2 Å². The molecule has 0 heterocycles. The van der Waals surface area contributed by atoms with Crippen LogP contribution >= 0.6 is 0 Å². The third kappa shape index (κ3) is 3.88. The van der Waals surface area contributed by atoms with Crippen molar-refractivity contribution in [3.05, 3.63) is 34.9 Å². The van der Waals surface area contributed by atoms with Crippen molar-refractivity contribution >= 4 is 5.91 Å². The van der Waals surface area contributed by atoms with Crippen molar-refractivity contribution < 1.29 is 4.79 Å². The molecule has 0 aliphatic heterocycles. The average molecular weight is 233 g/mol. The smallest absolute Gasteiger partial charge is 0.222 e. The molecule has 0 radical (unpaired) electrons. The van der Waals surface area contributed by atoms with Crippen molar-refractivity contribution in [3.63, 3.8) is 0 Å². The van der Waals surface area contributed by atoms with Crippen LogP contribution in [0.15, 0.2) is 18.2 Å². The topological polar surface area (TPSA) is 20.3 Å². The Hall–Kier alpha value is -1.31. The zero-order valence-corrected chi connectivity index (χ0v) is 11.4. The first kappa shape index (κ1) is 13.8. The van der Waals surface area contributed by atoms with Crippen molar-refractivity contribution in [1.82, 2.24) is 4.90 Å². The van der Waals surface area contributed by atoms with Crippen LogP contribution in [0.1, 0.15) is 37.0 Å². The van der Waals surface area contributed by atoms with Gasteiger partial charge in [0, 0.05) is 19.5 Å². The first-order valence-corrected chi connectivity index (χ1v) is 6.42. The molecule has 0 aromatic heterocycles. The number of nitrogens with zero attached hydrogens (tertiary/aromatic N) is 1. The highest BCUT2D eigenvalue weighted by Gasteiger charge is 2.09. The summed E-state index contributed by atoms with van der Waals surface area (Å²) in [7, 11) is 0. The lowest BCUT2D eigenvalue weighted by molar-refractivity contribution is -0.130. The van der Waals surface area contributed by atoms with Gasteiger partial charge in [0.2, 0.25) is 5.91 Å². The summed E-state index contributed by atoms with van der Waals surface area (Å²) in [5.41, 5.74) is 3.87. The van der Waals surface area contributed by atoms with Crippen molar-refractivity contribution in [2.24, 2.45) is 0 Å². The van der Waals surface area contributed by atoms with E-state index in [2.05, 4.69) is 32.0 Å². The zero-order chi connectivity index (χ0) is 12.8. The molecule has 17 heavy (non-hydrogen) atoms. The second kappa shape index (κ2) is 6.43. The lowest BCUT2D eigenvalue weighted by atomic mass is 10.0. The van der Waals surface area contributed by atoms with E-state index in [9.17, 15) is 4.79 Å². The Morgan fingerprint density at radius 3 is 2.29 bits per heavy atom. The van der Waals surface area contributed by atoms with E-state index >= 15 is 0 Å². The molecule has 0 unspecified atom stereocenters. The summed E-state index contributed by atoms with van der Waals surface area (Å²) in [4.78, 5) is 13.7. The number of amides is 1. The predicted molar refractivity (Wildman–Crippen MR) is 72.2 cm³/mol. The standard InChI is InChI=1S/C15H23NO/c1-5-16(6-2)15(17)10-9-14-8-7-12(3)13(4)11-14/h7-8,11H,5-6,9-10H2,1-4H3. The molecular weight excluding hydrogens is 210 g/mol. The van der Waals surface area contributed by atoms with Crippen LogP contribution in [0.25, 0.3) is 0 Å². The van der Waals surface area contributed by atoms with Crippen LogP contribution in [-0.2, 0) is 11.2 Å². The van der Waals surface area contributed by atoms with Gasteiger partial charge in [0.1, 0.15) is 0 Å². The number of benzene rings is 1. The highest BCUT2D eigenvalue weighted by atomic mass is 16.2. The lowest BCUT2D eigenvalue weighted by Crippen LogP contribution is -2.30. The Morgan fingerprint density at radius 1 is 1.12 bits per heavy atom. The maximum Gasteiger partial charge on any atom is 0.222 e. The highest BCUT2D eigenvalue weighted by molar-refractivity contribution is 5.76. The van der Waals surface area contributed by atoms with Crippen LogP contribution in [0.5, 0.6) is 0 Å². The molecule has 1 aromatic rings. The van der Waals surface area contributed by atoms with Gasteiger partial charge in [-0.3, -0.25) is 4.79 Å². The van der Waals surface area contributed by atoms with Crippen LogP contribution in [0.3, 0.4) is 0 Å². The average Bonchev–Trinajstić information content (AvgIpc) is 2.32. The van der Waals surface area contributed by atoms with Gasteiger partial charge < -0.3 is 4.90 Å². The van der Waals surface area contributed by atoms with Gasteiger partial charge in [-0.25, -0.2) is 0 Å². The molecule has 94 valence electrons. The van der Waals surface area contributed by atoms with Crippen molar-refractivity contribution in [3.8, 4) is 0 Å². The Kier molecular flexibility index (Phi) is 5.20. The van der Waals surface area contributed by atoms with Gasteiger partial charge in [0.15, 0.2) is 0 Å². The molecular formula is C15H23NO. The van der Waals surface area contributed by atoms with E-state index in [0.29, 0.717) is 6.42 Å².